The number of likely N-dealkylation sites (tertiary alicyclic amines) is 1. The Morgan fingerprint density at radius 3 is 2.39 bits per heavy atom. The van der Waals surface area contributed by atoms with Gasteiger partial charge in [-0.2, -0.15) is 0 Å². The Morgan fingerprint density at radius 2 is 1.79 bits per heavy atom. The van der Waals surface area contributed by atoms with Crippen LogP contribution in [0.15, 0.2) is 12.1 Å². The van der Waals surface area contributed by atoms with E-state index in [9.17, 15) is 4.79 Å². The van der Waals surface area contributed by atoms with Crippen molar-refractivity contribution >= 4 is 16.8 Å². The third-order valence-corrected chi connectivity index (χ3v) is 5.72. The summed E-state index contributed by atoms with van der Waals surface area (Å²) in [5.74, 6) is 1.58. The number of piperidine rings is 1. The van der Waals surface area contributed by atoms with E-state index in [4.69, 9.17) is 14.2 Å². The number of ether oxygens (including phenoxy) is 3. The highest BCUT2D eigenvalue weighted by Gasteiger charge is 2.24. The second-order valence-corrected chi connectivity index (χ2v) is 7.41. The zero-order valence-electron chi connectivity index (χ0n) is 17.4. The number of hydrogen-bond donors (Lipinski definition) is 2. The van der Waals surface area contributed by atoms with Gasteiger partial charge in [-0.25, -0.2) is 0 Å². The molecule has 7 nitrogen and oxygen atoms in total. The molecule has 0 aliphatic carbocycles. The highest BCUT2D eigenvalue weighted by atomic mass is 16.5. The van der Waals surface area contributed by atoms with E-state index < -0.39 is 0 Å². The summed E-state index contributed by atoms with van der Waals surface area (Å²) in [6, 6.07) is 4.68. The number of nitrogens with zero attached hydrogens (tertiary/aromatic N) is 1. The average Bonchev–Trinajstić information content (AvgIpc) is 3.14. The number of carbonyl (C=O) groups excluding carboxylic acids is 1. The molecule has 2 aromatic rings. The molecular formula is C21H31N3O4. The molecule has 0 saturated carbocycles. The van der Waals surface area contributed by atoms with Crippen LogP contribution in [0.5, 0.6) is 17.2 Å². The van der Waals surface area contributed by atoms with Gasteiger partial charge < -0.3 is 24.5 Å². The van der Waals surface area contributed by atoms with Crippen molar-refractivity contribution in [2.24, 2.45) is 0 Å². The number of aromatic nitrogens is 1. The largest absolute Gasteiger partial charge is 0.496 e. The lowest BCUT2D eigenvalue weighted by atomic mass is 9.98. The molecule has 2 unspecified atom stereocenters. The summed E-state index contributed by atoms with van der Waals surface area (Å²) in [6.07, 6.45) is 3.73. The van der Waals surface area contributed by atoms with Crippen LogP contribution in [0.1, 0.15) is 43.6 Å². The third-order valence-electron chi connectivity index (χ3n) is 5.72. The van der Waals surface area contributed by atoms with Crippen LogP contribution in [0.2, 0.25) is 0 Å². The van der Waals surface area contributed by atoms with Crippen LogP contribution in [0.25, 0.3) is 10.9 Å². The number of rotatable bonds is 7. The lowest BCUT2D eigenvalue weighted by Crippen LogP contribution is -2.47. The van der Waals surface area contributed by atoms with Gasteiger partial charge in [-0.1, -0.05) is 6.42 Å². The van der Waals surface area contributed by atoms with Crippen molar-refractivity contribution in [3.8, 4) is 17.2 Å². The molecule has 1 aliphatic rings. The first-order chi connectivity index (χ1) is 13.5. The molecule has 2 atom stereocenters. The minimum atomic E-state index is -0.142. The number of H-pyrrole nitrogens is 1. The van der Waals surface area contributed by atoms with Gasteiger partial charge in [0.2, 0.25) is 0 Å². The zero-order chi connectivity index (χ0) is 20.3. The van der Waals surface area contributed by atoms with Crippen molar-refractivity contribution in [3.05, 3.63) is 17.8 Å². The van der Waals surface area contributed by atoms with Crippen LogP contribution in [0, 0.1) is 0 Å². The van der Waals surface area contributed by atoms with Crippen molar-refractivity contribution in [3.63, 3.8) is 0 Å². The molecule has 0 radical (unpaired) electrons. The maximum Gasteiger partial charge on any atom is 0.267 e. The van der Waals surface area contributed by atoms with Crippen molar-refractivity contribution in [2.45, 2.75) is 45.2 Å². The number of hydrogen-bond acceptors (Lipinski definition) is 5. The third kappa shape index (κ3) is 3.90. The van der Waals surface area contributed by atoms with E-state index in [-0.39, 0.29) is 5.91 Å². The van der Waals surface area contributed by atoms with Crippen LogP contribution in [-0.4, -0.2) is 62.3 Å². The summed E-state index contributed by atoms with van der Waals surface area (Å²) >= 11 is 0. The zero-order valence-corrected chi connectivity index (χ0v) is 17.4. The lowest BCUT2D eigenvalue weighted by molar-refractivity contribution is 0.0886. The molecule has 0 bridgehead atoms. The molecule has 2 N–H and O–H groups in total. The first-order valence-electron chi connectivity index (χ1n) is 9.85. The van der Waals surface area contributed by atoms with Gasteiger partial charge in [0.1, 0.15) is 11.4 Å². The van der Waals surface area contributed by atoms with E-state index >= 15 is 0 Å². The van der Waals surface area contributed by atoms with E-state index in [1.807, 2.05) is 0 Å². The van der Waals surface area contributed by atoms with Crippen LogP contribution in [-0.2, 0) is 0 Å². The molecule has 0 spiro atoms. The summed E-state index contributed by atoms with van der Waals surface area (Å²) in [7, 11) is 4.74. The quantitative estimate of drug-likeness (QED) is 0.761. The van der Waals surface area contributed by atoms with Gasteiger partial charge in [0.15, 0.2) is 11.5 Å². The number of methoxy groups -OCH3 is 3. The Hall–Kier alpha value is -2.41. The number of amides is 1. The number of benzene rings is 1. The SMILES string of the molecule is COc1cc(OC)c2cc(C(=O)NCCN3C(C)CCCC3C)[nH]c2c1OC. The van der Waals surface area contributed by atoms with E-state index in [1.165, 1.54) is 19.3 Å². The predicted octanol–water partition coefficient (Wildman–Crippen LogP) is 3.19. The van der Waals surface area contributed by atoms with E-state index in [1.54, 1.807) is 33.5 Å². The monoisotopic (exact) mass is 389 g/mol. The minimum absolute atomic E-state index is 0.142. The molecule has 1 aliphatic heterocycles. The summed E-state index contributed by atoms with van der Waals surface area (Å²) in [6.45, 7) is 6.00. The summed E-state index contributed by atoms with van der Waals surface area (Å²) < 4.78 is 16.3. The second kappa shape index (κ2) is 8.73. The number of carbonyl (C=O) groups is 1. The maximum atomic E-state index is 12.7. The van der Waals surface area contributed by atoms with Gasteiger partial charge in [0.05, 0.1) is 26.8 Å². The topological polar surface area (TPSA) is 75.8 Å². The van der Waals surface area contributed by atoms with E-state index in [2.05, 4.69) is 29.0 Å². The van der Waals surface area contributed by atoms with Gasteiger partial charge in [0.25, 0.3) is 5.91 Å². The molecule has 1 aromatic carbocycles. The number of aromatic amines is 1. The van der Waals surface area contributed by atoms with Crippen molar-refractivity contribution in [1.29, 1.82) is 0 Å². The maximum absolute atomic E-state index is 12.7. The molecule has 3 rings (SSSR count). The Balaban J connectivity index is 1.75. The van der Waals surface area contributed by atoms with Crippen LogP contribution < -0.4 is 19.5 Å². The Labute approximate surface area is 166 Å². The van der Waals surface area contributed by atoms with Crippen molar-refractivity contribution < 1.29 is 19.0 Å². The molecule has 154 valence electrons. The molecule has 28 heavy (non-hydrogen) atoms. The minimum Gasteiger partial charge on any atom is -0.496 e. The Bertz CT molecular complexity index is 823. The van der Waals surface area contributed by atoms with Gasteiger partial charge in [0, 0.05) is 36.6 Å². The highest BCUT2D eigenvalue weighted by molar-refractivity contribution is 6.02. The summed E-state index contributed by atoms with van der Waals surface area (Å²) in [5.41, 5.74) is 1.15. The second-order valence-electron chi connectivity index (χ2n) is 7.41. The fourth-order valence-corrected chi connectivity index (χ4v) is 4.17. The van der Waals surface area contributed by atoms with Crippen LogP contribution >= 0.6 is 0 Å². The fraction of sp³-hybridized carbons (Fsp3) is 0.571. The van der Waals surface area contributed by atoms with Crippen molar-refractivity contribution in [2.75, 3.05) is 34.4 Å². The van der Waals surface area contributed by atoms with E-state index in [0.29, 0.717) is 47.1 Å². The Morgan fingerprint density at radius 1 is 1.11 bits per heavy atom. The normalized spacial score (nSPS) is 20.2. The van der Waals surface area contributed by atoms with E-state index in [0.717, 1.165) is 11.9 Å². The molecular weight excluding hydrogens is 358 g/mol. The average molecular weight is 389 g/mol. The number of nitrogens with one attached hydrogen (secondary N) is 2. The molecule has 1 aromatic heterocycles. The standard InChI is InChI=1S/C21H31N3O4/c1-13-7-6-8-14(2)24(13)10-9-22-21(25)16-11-15-17(26-3)12-18(27-4)20(28-5)19(15)23-16/h11-14,23H,6-10H2,1-5H3,(H,22,25). The predicted molar refractivity (Wildman–Crippen MR) is 110 cm³/mol. The summed E-state index contributed by atoms with van der Waals surface area (Å²) in [5, 5.41) is 3.81. The highest BCUT2D eigenvalue weighted by Crippen LogP contribution is 2.41. The van der Waals surface area contributed by atoms with Gasteiger partial charge in [-0.15, -0.1) is 0 Å². The van der Waals surface area contributed by atoms with Gasteiger partial charge in [-0.3, -0.25) is 9.69 Å². The molecule has 7 heteroatoms. The van der Waals surface area contributed by atoms with Crippen molar-refractivity contribution in [1.82, 2.24) is 15.2 Å². The molecule has 1 amide bonds. The smallest absolute Gasteiger partial charge is 0.267 e. The lowest BCUT2D eigenvalue weighted by Gasteiger charge is -2.38. The number of fused-ring (bicyclic) bond motifs is 1. The van der Waals surface area contributed by atoms with Gasteiger partial charge >= 0.3 is 0 Å². The van der Waals surface area contributed by atoms with Crippen LogP contribution in [0.3, 0.4) is 0 Å². The molecule has 2 heterocycles. The Kier molecular flexibility index (Phi) is 6.34. The fourth-order valence-electron chi connectivity index (χ4n) is 4.17. The molecule has 1 saturated heterocycles. The van der Waals surface area contributed by atoms with Crippen LogP contribution in [0.4, 0.5) is 0 Å². The molecule has 1 fully saturated rings. The first kappa shape index (κ1) is 20.3. The summed E-state index contributed by atoms with van der Waals surface area (Å²) in [4.78, 5) is 18.3. The first-order valence-corrected chi connectivity index (χ1v) is 9.85. The van der Waals surface area contributed by atoms with Gasteiger partial charge in [-0.05, 0) is 32.8 Å².